The minimum Gasteiger partial charge on any atom is -0.370 e. The molecule has 1 saturated heterocycles. The summed E-state index contributed by atoms with van der Waals surface area (Å²) in [5.41, 5.74) is -0.542. The molecule has 1 aliphatic heterocycles. The van der Waals surface area contributed by atoms with E-state index in [0.29, 0.717) is 12.3 Å². The summed E-state index contributed by atoms with van der Waals surface area (Å²) in [4.78, 5) is 11.7. The number of amides is 1. The zero-order valence-corrected chi connectivity index (χ0v) is 14.4. The van der Waals surface area contributed by atoms with Gasteiger partial charge < -0.3 is 10.1 Å². The molecule has 24 heavy (non-hydrogen) atoms. The topological polar surface area (TPSA) is 38.3 Å². The summed E-state index contributed by atoms with van der Waals surface area (Å²) in [5, 5.41) is 3.05. The number of carbonyl (C=O) groups is 1. The third kappa shape index (κ3) is 3.18. The van der Waals surface area contributed by atoms with E-state index in [1.54, 1.807) is 0 Å². The molecule has 0 radical (unpaired) electrons. The minimum absolute atomic E-state index is 0.0225. The maximum absolute atomic E-state index is 14.2. The van der Waals surface area contributed by atoms with E-state index in [-0.39, 0.29) is 23.5 Å². The van der Waals surface area contributed by atoms with Crippen molar-refractivity contribution in [3.8, 4) is 0 Å². The first kappa shape index (κ1) is 17.3. The summed E-state index contributed by atoms with van der Waals surface area (Å²) in [6, 6.07) is 3.87. The maximum atomic E-state index is 14.2. The Morgan fingerprint density at radius 1 is 1.29 bits per heavy atom. The first-order valence-corrected chi connectivity index (χ1v) is 8.68. The Bertz CT molecular complexity index is 616. The second kappa shape index (κ2) is 6.43. The van der Waals surface area contributed by atoms with Crippen LogP contribution in [0.15, 0.2) is 18.2 Å². The van der Waals surface area contributed by atoms with Gasteiger partial charge in [-0.05, 0) is 37.8 Å². The molecular formula is C19H25F2NO2. The zero-order chi connectivity index (χ0) is 17.5. The van der Waals surface area contributed by atoms with Crippen molar-refractivity contribution in [2.45, 2.75) is 64.2 Å². The SMILES string of the molecule is CC(=O)N[C@]1(C)C[C@H](c2c(F)cccc2F)O[C@@H]2C[C@H](C)CC[C@H]21. The highest BCUT2D eigenvalue weighted by Gasteiger charge is 2.50. The van der Waals surface area contributed by atoms with Gasteiger partial charge in [-0.25, -0.2) is 8.78 Å². The number of nitrogens with one attached hydrogen (secondary N) is 1. The number of halogens is 2. The minimum atomic E-state index is -0.686. The van der Waals surface area contributed by atoms with E-state index in [9.17, 15) is 13.6 Å². The van der Waals surface area contributed by atoms with E-state index >= 15 is 0 Å². The van der Waals surface area contributed by atoms with Gasteiger partial charge in [-0.2, -0.15) is 0 Å². The van der Waals surface area contributed by atoms with E-state index in [1.807, 2.05) is 6.92 Å². The number of hydrogen-bond acceptors (Lipinski definition) is 2. The quantitative estimate of drug-likeness (QED) is 0.881. The van der Waals surface area contributed by atoms with Gasteiger partial charge >= 0.3 is 0 Å². The van der Waals surface area contributed by atoms with E-state index in [2.05, 4.69) is 12.2 Å². The van der Waals surface area contributed by atoms with Crippen LogP contribution in [0.5, 0.6) is 0 Å². The highest BCUT2D eigenvalue weighted by molar-refractivity contribution is 5.73. The molecule has 1 saturated carbocycles. The second-order valence-electron chi connectivity index (χ2n) is 7.63. The smallest absolute Gasteiger partial charge is 0.217 e. The lowest BCUT2D eigenvalue weighted by atomic mass is 9.66. The highest BCUT2D eigenvalue weighted by atomic mass is 19.1. The van der Waals surface area contributed by atoms with Gasteiger partial charge in [0.1, 0.15) is 11.6 Å². The molecule has 1 aromatic carbocycles. The number of rotatable bonds is 2. The lowest BCUT2D eigenvalue weighted by Crippen LogP contribution is -2.60. The number of fused-ring (bicyclic) bond motifs is 1. The van der Waals surface area contributed by atoms with Crippen LogP contribution in [0.1, 0.15) is 58.1 Å². The summed E-state index contributed by atoms with van der Waals surface area (Å²) in [5.74, 6) is -0.620. The Balaban J connectivity index is 1.96. The summed E-state index contributed by atoms with van der Waals surface area (Å²) in [6.07, 6.45) is 2.48. The van der Waals surface area contributed by atoms with Crippen molar-refractivity contribution in [3.05, 3.63) is 35.4 Å². The van der Waals surface area contributed by atoms with Crippen LogP contribution < -0.4 is 5.32 Å². The molecule has 1 aliphatic carbocycles. The Labute approximate surface area is 141 Å². The molecule has 1 N–H and O–H groups in total. The van der Waals surface area contributed by atoms with Gasteiger partial charge in [-0.15, -0.1) is 0 Å². The molecule has 1 amide bonds. The Morgan fingerprint density at radius 3 is 2.58 bits per heavy atom. The molecule has 132 valence electrons. The number of benzene rings is 1. The maximum Gasteiger partial charge on any atom is 0.217 e. The molecular weight excluding hydrogens is 312 g/mol. The highest BCUT2D eigenvalue weighted by Crippen LogP contribution is 2.48. The molecule has 0 unspecified atom stereocenters. The monoisotopic (exact) mass is 337 g/mol. The van der Waals surface area contributed by atoms with E-state index in [4.69, 9.17) is 4.74 Å². The van der Waals surface area contributed by atoms with E-state index in [0.717, 1.165) is 19.3 Å². The summed E-state index contributed by atoms with van der Waals surface area (Å²) < 4.78 is 34.6. The summed E-state index contributed by atoms with van der Waals surface area (Å²) >= 11 is 0. The Hall–Kier alpha value is -1.49. The molecule has 5 atom stereocenters. The van der Waals surface area contributed by atoms with Crippen molar-refractivity contribution >= 4 is 5.91 Å². The molecule has 2 fully saturated rings. The molecule has 3 rings (SSSR count). The summed E-state index contributed by atoms with van der Waals surface area (Å²) in [7, 11) is 0. The fourth-order valence-corrected chi connectivity index (χ4v) is 4.54. The Kier molecular flexibility index (Phi) is 4.65. The van der Waals surface area contributed by atoms with Gasteiger partial charge in [0.25, 0.3) is 0 Å². The number of carbonyl (C=O) groups excluding carboxylic acids is 1. The van der Waals surface area contributed by atoms with Gasteiger partial charge in [0.15, 0.2) is 0 Å². The average Bonchev–Trinajstić information content (AvgIpc) is 2.45. The molecule has 1 heterocycles. The second-order valence-corrected chi connectivity index (χ2v) is 7.63. The van der Waals surface area contributed by atoms with Crippen LogP contribution in [-0.4, -0.2) is 17.6 Å². The number of hydrogen-bond donors (Lipinski definition) is 1. The van der Waals surface area contributed by atoms with Gasteiger partial charge in [-0.3, -0.25) is 4.79 Å². The fourth-order valence-electron chi connectivity index (χ4n) is 4.54. The number of ether oxygens (including phenoxy) is 1. The van der Waals surface area contributed by atoms with Crippen molar-refractivity contribution in [2.75, 3.05) is 0 Å². The molecule has 0 spiro atoms. The fraction of sp³-hybridized carbons (Fsp3) is 0.632. The van der Waals surface area contributed by atoms with Crippen LogP contribution in [0.4, 0.5) is 8.78 Å². The normalized spacial score (nSPS) is 36.0. The predicted octanol–water partition coefficient (Wildman–Crippen LogP) is 4.13. The standard InChI is InChI=1S/C19H25F2NO2/c1-11-7-8-13-16(9-11)24-17(10-19(13,3)22-12(2)23)18-14(20)5-4-6-15(18)21/h4-6,11,13,16-17H,7-10H2,1-3H3,(H,22,23)/t11-,13-,16-,17-,19-/m1/s1. The Morgan fingerprint density at radius 2 is 1.96 bits per heavy atom. The first-order valence-electron chi connectivity index (χ1n) is 8.68. The van der Waals surface area contributed by atoms with Gasteiger partial charge in [0.2, 0.25) is 5.91 Å². The molecule has 0 aromatic heterocycles. The van der Waals surface area contributed by atoms with Crippen molar-refractivity contribution < 1.29 is 18.3 Å². The van der Waals surface area contributed by atoms with Crippen molar-refractivity contribution in [1.29, 1.82) is 0 Å². The van der Waals surface area contributed by atoms with Crippen LogP contribution in [-0.2, 0) is 9.53 Å². The third-order valence-corrected chi connectivity index (χ3v) is 5.60. The van der Waals surface area contributed by atoms with Crippen molar-refractivity contribution in [1.82, 2.24) is 5.32 Å². The van der Waals surface area contributed by atoms with Crippen LogP contribution in [0.2, 0.25) is 0 Å². The van der Waals surface area contributed by atoms with Gasteiger partial charge in [-0.1, -0.05) is 19.4 Å². The third-order valence-electron chi connectivity index (χ3n) is 5.60. The molecule has 2 aliphatic rings. The molecule has 0 bridgehead atoms. The molecule has 3 nitrogen and oxygen atoms in total. The summed E-state index contributed by atoms with van der Waals surface area (Å²) in [6.45, 7) is 5.64. The van der Waals surface area contributed by atoms with E-state index in [1.165, 1.54) is 25.1 Å². The largest absolute Gasteiger partial charge is 0.370 e. The van der Waals surface area contributed by atoms with Crippen molar-refractivity contribution in [3.63, 3.8) is 0 Å². The molecule has 1 aromatic rings. The lowest BCUT2D eigenvalue weighted by molar-refractivity contribution is -0.154. The van der Waals surface area contributed by atoms with Gasteiger partial charge in [0, 0.05) is 24.8 Å². The average molecular weight is 337 g/mol. The van der Waals surface area contributed by atoms with Gasteiger partial charge in [0.05, 0.1) is 17.8 Å². The molecule has 5 heteroatoms. The van der Waals surface area contributed by atoms with Crippen LogP contribution in [0.3, 0.4) is 0 Å². The van der Waals surface area contributed by atoms with Crippen molar-refractivity contribution in [2.24, 2.45) is 11.8 Å². The predicted molar refractivity (Wildman–Crippen MR) is 87.3 cm³/mol. The van der Waals surface area contributed by atoms with E-state index < -0.39 is 23.3 Å². The van der Waals surface area contributed by atoms with Crippen LogP contribution in [0, 0.1) is 23.5 Å². The zero-order valence-electron chi connectivity index (χ0n) is 14.4. The van der Waals surface area contributed by atoms with Crippen LogP contribution in [0.25, 0.3) is 0 Å². The first-order chi connectivity index (χ1) is 11.3. The van der Waals surface area contributed by atoms with Crippen LogP contribution >= 0.6 is 0 Å². The lowest BCUT2D eigenvalue weighted by Gasteiger charge is -2.52.